The Bertz CT molecular complexity index is 908. The van der Waals surface area contributed by atoms with Crippen LogP contribution in [0.5, 0.6) is 0 Å². The average molecular weight is 339 g/mol. The number of hydrogen-bond donors (Lipinski definition) is 2. The summed E-state index contributed by atoms with van der Waals surface area (Å²) in [6, 6.07) is 4.70. The molecule has 0 spiro atoms. The van der Waals surface area contributed by atoms with Gasteiger partial charge in [0.2, 0.25) is 5.91 Å². The van der Waals surface area contributed by atoms with Crippen molar-refractivity contribution in [1.82, 2.24) is 14.1 Å². The van der Waals surface area contributed by atoms with E-state index < -0.39 is 34.9 Å². The molecule has 1 aromatic carbocycles. The second-order valence-corrected chi connectivity index (χ2v) is 5.73. The van der Waals surface area contributed by atoms with Gasteiger partial charge in [0.25, 0.3) is 0 Å². The molecule has 0 fully saturated rings. The number of primary amides is 1. The van der Waals surface area contributed by atoms with Crippen LogP contribution >= 0.6 is 11.6 Å². The van der Waals surface area contributed by atoms with E-state index >= 15 is 0 Å². The van der Waals surface area contributed by atoms with Crippen molar-refractivity contribution in [1.29, 1.82) is 0 Å². The van der Waals surface area contributed by atoms with Crippen LogP contribution in [0.25, 0.3) is 5.69 Å². The second kappa shape index (κ2) is 6.25. The quantitative estimate of drug-likeness (QED) is 0.816. The van der Waals surface area contributed by atoms with Gasteiger partial charge in [0.05, 0.1) is 5.69 Å². The smallest absolute Gasteiger partial charge is 0.341 e. The van der Waals surface area contributed by atoms with Gasteiger partial charge in [0, 0.05) is 5.02 Å². The fourth-order valence-corrected chi connectivity index (χ4v) is 2.43. The van der Waals surface area contributed by atoms with Crippen molar-refractivity contribution in [3.8, 4) is 5.69 Å². The van der Waals surface area contributed by atoms with Crippen molar-refractivity contribution in [2.45, 2.75) is 19.9 Å². The maximum absolute atomic E-state index is 12.6. The van der Waals surface area contributed by atoms with Crippen molar-refractivity contribution >= 4 is 17.5 Å². The van der Waals surface area contributed by atoms with Gasteiger partial charge in [0.1, 0.15) is 6.04 Å². The molecule has 0 aliphatic rings. The van der Waals surface area contributed by atoms with E-state index in [0.717, 1.165) is 4.57 Å². The molecule has 1 aromatic heterocycles. The molecule has 0 saturated carbocycles. The van der Waals surface area contributed by atoms with Crippen LogP contribution < -0.4 is 22.8 Å². The minimum Gasteiger partial charge on any atom is -0.368 e. The maximum Gasteiger partial charge on any atom is 0.341 e. The molecule has 9 heteroatoms. The number of carbonyl (C=O) groups is 1. The van der Waals surface area contributed by atoms with E-state index in [0.29, 0.717) is 9.59 Å². The van der Waals surface area contributed by atoms with Gasteiger partial charge in [0.15, 0.2) is 0 Å². The van der Waals surface area contributed by atoms with Gasteiger partial charge in [-0.05, 0) is 30.2 Å². The first kappa shape index (κ1) is 16.8. The number of amides is 1. The number of aromatic amines is 1. The molecule has 2 aromatic rings. The molecule has 0 saturated heterocycles. The van der Waals surface area contributed by atoms with Crippen LogP contribution in [0, 0.1) is 5.92 Å². The summed E-state index contributed by atoms with van der Waals surface area (Å²) in [5.74, 6) is -1.25. The minimum absolute atomic E-state index is 0.210. The summed E-state index contributed by atoms with van der Waals surface area (Å²) in [6.45, 7) is 3.28. The normalized spacial score (nSPS) is 12.3. The Labute approximate surface area is 135 Å². The number of hydrogen-bond acceptors (Lipinski definition) is 4. The molecule has 0 aliphatic heterocycles. The molecule has 0 bridgehead atoms. The summed E-state index contributed by atoms with van der Waals surface area (Å²) in [5.41, 5.74) is 2.67. The van der Waals surface area contributed by atoms with Gasteiger partial charge < -0.3 is 5.73 Å². The Kier molecular flexibility index (Phi) is 4.55. The summed E-state index contributed by atoms with van der Waals surface area (Å²) in [7, 11) is 0. The average Bonchev–Trinajstić information content (AvgIpc) is 2.44. The van der Waals surface area contributed by atoms with Gasteiger partial charge in [-0.1, -0.05) is 25.4 Å². The van der Waals surface area contributed by atoms with Crippen molar-refractivity contribution in [3.63, 3.8) is 0 Å². The zero-order chi connectivity index (χ0) is 17.3. The van der Waals surface area contributed by atoms with Crippen LogP contribution in [0.15, 0.2) is 38.6 Å². The van der Waals surface area contributed by atoms with Crippen LogP contribution in [0.2, 0.25) is 5.02 Å². The van der Waals surface area contributed by atoms with Crippen LogP contribution in [-0.2, 0) is 4.79 Å². The predicted molar refractivity (Wildman–Crippen MR) is 85.0 cm³/mol. The van der Waals surface area contributed by atoms with E-state index in [9.17, 15) is 19.2 Å². The fourth-order valence-electron chi connectivity index (χ4n) is 2.31. The lowest BCUT2D eigenvalue weighted by Crippen LogP contribution is -2.53. The molecule has 3 N–H and O–H groups in total. The van der Waals surface area contributed by atoms with E-state index in [1.54, 1.807) is 13.8 Å². The Balaban J connectivity index is 2.82. The lowest BCUT2D eigenvalue weighted by molar-refractivity contribution is -0.122. The molecule has 8 nitrogen and oxygen atoms in total. The van der Waals surface area contributed by atoms with Crippen molar-refractivity contribution in [3.05, 3.63) is 60.7 Å². The van der Waals surface area contributed by atoms with Gasteiger partial charge in [-0.25, -0.2) is 23.5 Å². The van der Waals surface area contributed by atoms with Gasteiger partial charge >= 0.3 is 17.1 Å². The van der Waals surface area contributed by atoms with Gasteiger partial charge in [-0.15, -0.1) is 0 Å². The first-order valence-electron chi connectivity index (χ1n) is 6.77. The number of nitrogens with one attached hydrogen (secondary N) is 1. The maximum atomic E-state index is 12.6. The third-order valence-electron chi connectivity index (χ3n) is 3.32. The lowest BCUT2D eigenvalue weighted by atomic mass is 10.0. The van der Waals surface area contributed by atoms with E-state index in [1.807, 2.05) is 4.98 Å². The monoisotopic (exact) mass is 338 g/mol. The predicted octanol–water partition coefficient (Wildman–Crippen LogP) is 0.0233. The Morgan fingerprint density at radius 3 is 2.17 bits per heavy atom. The van der Waals surface area contributed by atoms with E-state index in [-0.39, 0.29) is 5.69 Å². The highest BCUT2D eigenvalue weighted by atomic mass is 35.5. The minimum atomic E-state index is -1.18. The van der Waals surface area contributed by atoms with Gasteiger partial charge in [-0.2, -0.15) is 0 Å². The highest BCUT2D eigenvalue weighted by Gasteiger charge is 2.27. The first-order valence-corrected chi connectivity index (χ1v) is 7.15. The van der Waals surface area contributed by atoms with Crippen LogP contribution in [0.1, 0.15) is 19.9 Å². The van der Waals surface area contributed by atoms with E-state index in [1.165, 1.54) is 24.3 Å². The number of rotatable bonds is 4. The number of aromatic nitrogens is 3. The zero-order valence-corrected chi connectivity index (χ0v) is 13.2. The molecule has 1 atom stereocenters. The van der Waals surface area contributed by atoms with E-state index in [4.69, 9.17) is 17.3 Å². The molecular formula is C14H15ClN4O4. The fraction of sp³-hybridized carbons (Fsp3) is 0.286. The molecule has 122 valence electrons. The highest BCUT2D eigenvalue weighted by Crippen LogP contribution is 2.14. The molecule has 0 aliphatic carbocycles. The van der Waals surface area contributed by atoms with E-state index in [2.05, 4.69) is 0 Å². The van der Waals surface area contributed by atoms with Crippen molar-refractivity contribution < 1.29 is 4.79 Å². The molecule has 0 unspecified atom stereocenters. The molecular weight excluding hydrogens is 324 g/mol. The summed E-state index contributed by atoms with van der Waals surface area (Å²) in [4.78, 5) is 50.3. The number of nitrogens with zero attached hydrogens (tertiary/aromatic N) is 2. The number of halogens is 1. The molecule has 1 heterocycles. The Hall–Kier alpha value is -2.61. The third kappa shape index (κ3) is 3.11. The highest BCUT2D eigenvalue weighted by molar-refractivity contribution is 6.30. The Morgan fingerprint density at radius 2 is 1.70 bits per heavy atom. The van der Waals surface area contributed by atoms with Crippen molar-refractivity contribution in [2.75, 3.05) is 0 Å². The van der Waals surface area contributed by atoms with Crippen LogP contribution in [0.4, 0.5) is 0 Å². The summed E-state index contributed by atoms with van der Waals surface area (Å²) < 4.78 is 1.40. The zero-order valence-electron chi connectivity index (χ0n) is 12.4. The lowest BCUT2D eigenvalue weighted by Gasteiger charge is -2.19. The number of carbonyl (C=O) groups excluding carboxylic acids is 1. The molecule has 1 amide bonds. The topological polar surface area (TPSA) is 120 Å². The SMILES string of the molecule is CC(C)[C@@H](C(N)=O)n1c(=O)[nH]c(=O)n(-c2ccc(Cl)cc2)c1=O. The summed E-state index contributed by atoms with van der Waals surface area (Å²) in [5, 5.41) is 0.420. The second-order valence-electron chi connectivity index (χ2n) is 5.29. The number of H-pyrrole nitrogens is 1. The summed E-state index contributed by atoms with van der Waals surface area (Å²) in [6.07, 6.45) is 0. The van der Waals surface area contributed by atoms with Crippen LogP contribution in [-0.4, -0.2) is 20.0 Å². The molecule has 23 heavy (non-hydrogen) atoms. The first-order chi connectivity index (χ1) is 10.7. The largest absolute Gasteiger partial charge is 0.368 e. The van der Waals surface area contributed by atoms with Gasteiger partial charge in [-0.3, -0.25) is 9.78 Å². The van der Waals surface area contributed by atoms with Crippen molar-refractivity contribution in [2.24, 2.45) is 11.7 Å². The third-order valence-corrected chi connectivity index (χ3v) is 3.57. The molecule has 0 radical (unpaired) electrons. The number of nitrogens with two attached hydrogens (primary N) is 1. The standard InChI is InChI=1S/C14H15ClN4O4/c1-7(2)10(11(16)20)19-13(22)17-12(21)18(14(19)23)9-5-3-8(15)4-6-9/h3-7,10H,1-2H3,(H2,16,20)(H,17,21,22)/t10-/m0/s1. The Morgan fingerprint density at radius 1 is 1.13 bits per heavy atom. The summed E-state index contributed by atoms with van der Waals surface area (Å²) >= 11 is 5.78. The molecule has 2 rings (SSSR count). The number of benzene rings is 1. The van der Waals surface area contributed by atoms with Crippen LogP contribution in [0.3, 0.4) is 0 Å².